The number of rotatable bonds is 4. The van der Waals surface area contributed by atoms with Gasteiger partial charge in [-0.05, 0) is 20.3 Å². The molecular weight excluding hydrogens is 282 g/mol. The van der Waals surface area contributed by atoms with Gasteiger partial charge in [0.1, 0.15) is 0 Å². The zero-order chi connectivity index (χ0) is 15.7. The Hall–Kier alpha value is -2.15. The number of ether oxygens (including phenoxy) is 1. The second-order valence-electron chi connectivity index (χ2n) is 5.57. The zero-order valence-electron chi connectivity index (χ0n) is 13.1. The minimum absolute atomic E-state index is 0.0265. The Bertz CT molecular complexity index is 675. The van der Waals surface area contributed by atoms with Crippen LogP contribution in [-0.2, 0) is 23.1 Å². The van der Waals surface area contributed by atoms with Crippen LogP contribution < -0.4 is 5.32 Å². The van der Waals surface area contributed by atoms with E-state index < -0.39 is 0 Å². The van der Waals surface area contributed by atoms with Crippen molar-refractivity contribution in [3.63, 3.8) is 0 Å². The van der Waals surface area contributed by atoms with Crippen molar-refractivity contribution in [1.29, 1.82) is 0 Å². The predicted molar refractivity (Wildman–Crippen MR) is 81.3 cm³/mol. The van der Waals surface area contributed by atoms with E-state index in [4.69, 9.17) is 4.74 Å². The van der Waals surface area contributed by atoms with Crippen LogP contribution in [-0.4, -0.2) is 32.1 Å². The molecule has 1 aliphatic rings. The molecule has 0 aliphatic carbocycles. The quantitative estimate of drug-likeness (QED) is 0.932. The van der Waals surface area contributed by atoms with Gasteiger partial charge in [0.15, 0.2) is 0 Å². The monoisotopic (exact) mass is 303 g/mol. The van der Waals surface area contributed by atoms with E-state index in [1.54, 1.807) is 21.8 Å². The first-order chi connectivity index (χ1) is 10.6. The first-order valence-corrected chi connectivity index (χ1v) is 7.53. The highest BCUT2D eigenvalue weighted by atomic mass is 16.5. The van der Waals surface area contributed by atoms with Crippen LogP contribution in [0.4, 0.5) is 5.69 Å². The van der Waals surface area contributed by atoms with E-state index in [9.17, 15) is 4.79 Å². The average Bonchev–Trinajstić information content (AvgIpc) is 3.21. The molecule has 22 heavy (non-hydrogen) atoms. The molecule has 2 aromatic rings. The lowest BCUT2D eigenvalue weighted by atomic mass is 9.95. The third-order valence-corrected chi connectivity index (χ3v) is 4.23. The van der Waals surface area contributed by atoms with E-state index in [-0.39, 0.29) is 17.9 Å². The second kappa shape index (κ2) is 5.92. The number of nitrogens with zero attached hydrogens (tertiary/aromatic N) is 4. The van der Waals surface area contributed by atoms with Gasteiger partial charge in [0.25, 0.3) is 0 Å². The Labute approximate surface area is 129 Å². The van der Waals surface area contributed by atoms with Crippen molar-refractivity contribution in [2.24, 2.45) is 13.0 Å². The van der Waals surface area contributed by atoms with Crippen molar-refractivity contribution in [1.82, 2.24) is 19.6 Å². The molecule has 1 N–H and O–H groups in total. The molecule has 0 bridgehead atoms. The van der Waals surface area contributed by atoms with Crippen molar-refractivity contribution in [3.05, 3.63) is 29.8 Å². The van der Waals surface area contributed by atoms with Crippen LogP contribution in [0.25, 0.3) is 0 Å². The number of aromatic nitrogens is 4. The summed E-state index contributed by atoms with van der Waals surface area (Å²) < 4.78 is 9.38. The second-order valence-corrected chi connectivity index (χ2v) is 5.57. The zero-order valence-corrected chi connectivity index (χ0v) is 13.1. The van der Waals surface area contributed by atoms with Gasteiger partial charge in [-0.15, -0.1) is 0 Å². The van der Waals surface area contributed by atoms with Gasteiger partial charge in [-0.3, -0.25) is 14.2 Å². The Balaban J connectivity index is 1.75. The van der Waals surface area contributed by atoms with Crippen molar-refractivity contribution >= 4 is 11.6 Å². The van der Waals surface area contributed by atoms with Crippen molar-refractivity contribution in [3.8, 4) is 0 Å². The fourth-order valence-electron chi connectivity index (χ4n) is 2.80. The SMILES string of the molecule is CCn1cc(NC(=O)[C@H]2CCO[C@@H]2c2cnn(C)c2C)cn1. The fraction of sp³-hybridized carbons (Fsp3) is 0.533. The summed E-state index contributed by atoms with van der Waals surface area (Å²) in [5.74, 6) is -0.228. The summed E-state index contributed by atoms with van der Waals surface area (Å²) >= 11 is 0. The molecule has 3 heterocycles. The summed E-state index contributed by atoms with van der Waals surface area (Å²) in [6, 6.07) is 0. The number of anilines is 1. The van der Waals surface area contributed by atoms with Crippen LogP contribution in [0.3, 0.4) is 0 Å². The molecule has 0 aromatic carbocycles. The van der Waals surface area contributed by atoms with Crippen LogP contribution in [0.15, 0.2) is 18.6 Å². The highest BCUT2D eigenvalue weighted by molar-refractivity contribution is 5.93. The van der Waals surface area contributed by atoms with Crippen LogP contribution in [0, 0.1) is 12.8 Å². The molecule has 7 nitrogen and oxygen atoms in total. The van der Waals surface area contributed by atoms with Gasteiger partial charge < -0.3 is 10.1 Å². The van der Waals surface area contributed by atoms with Gasteiger partial charge in [0, 0.05) is 37.7 Å². The highest BCUT2D eigenvalue weighted by Gasteiger charge is 2.37. The number of carbonyl (C=O) groups excluding carboxylic acids is 1. The molecule has 1 fully saturated rings. The van der Waals surface area contributed by atoms with E-state index in [0.29, 0.717) is 13.0 Å². The first-order valence-electron chi connectivity index (χ1n) is 7.53. The summed E-state index contributed by atoms with van der Waals surface area (Å²) in [6.07, 6.45) is 5.78. The highest BCUT2D eigenvalue weighted by Crippen LogP contribution is 2.36. The number of aryl methyl sites for hydroxylation is 2. The van der Waals surface area contributed by atoms with Crippen LogP contribution in [0.5, 0.6) is 0 Å². The lowest BCUT2D eigenvalue weighted by Gasteiger charge is -2.17. The maximum absolute atomic E-state index is 12.6. The molecular formula is C15H21N5O2. The van der Waals surface area contributed by atoms with Gasteiger partial charge in [-0.1, -0.05) is 0 Å². The van der Waals surface area contributed by atoms with Crippen LogP contribution in [0.1, 0.15) is 30.7 Å². The largest absolute Gasteiger partial charge is 0.373 e. The Morgan fingerprint density at radius 2 is 2.27 bits per heavy atom. The van der Waals surface area contributed by atoms with E-state index in [1.807, 2.05) is 27.1 Å². The van der Waals surface area contributed by atoms with Gasteiger partial charge in [-0.2, -0.15) is 10.2 Å². The lowest BCUT2D eigenvalue weighted by Crippen LogP contribution is -2.25. The van der Waals surface area contributed by atoms with E-state index in [2.05, 4.69) is 15.5 Å². The van der Waals surface area contributed by atoms with E-state index >= 15 is 0 Å². The van der Waals surface area contributed by atoms with Gasteiger partial charge >= 0.3 is 0 Å². The molecule has 7 heteroatoms. The molecule has 0 radical (unpaired) electrons. The van der Waals surface area contributed by atoms with Crippen molar-refractivity contribution < 1.29 is 9.53 Å². The maximum Gasteiger partial charge on any atom is 0.230 e. The molecule has 1 amide bonds. The van der Waals surface area contributed by atoms with E-state index in [1.165, 1.54) is 0 Å². The van der Waals surface area contributed by atoms with Crippen LogP contribution >= 0.6 is 0 Å². The normalized spacial score (nSPS) is 21.2. The third kappa shape index (κ3) is 2.64. The summed E-state index contributed by atoms with van der Waals surface area (Å²) in [4.78, 5) is 12.6. The maximum atomic E-state index is 12.6. The molecule has 1 saturated heterocycles. The number of hydrogen-bond acceptors (Lipinski definition) is 4. The van der Waals surface area contributed by atoms with Gasteiger partial charge in [0.05, 0.1) is 30.1 Å². The Morgan fingerprint density at radius 3 is 2.91 bits per heavy atom. The minimum Gasteiger partial charge on any atom is -0.373 e. The molecule has 0 saturated carbocycles. The van der Waals surface area contributed by atoms with Crippen LogP contribution in [0.2, 0.25) is 0 Å². The van der Waals surface area contributed by atoms with E-state index in [0.717, 1.165) is 23.5 Å². The van der Waals surface area contributed by atoms with Crippen molar-refractivity contribution in [2.45, 2.75) is 32.9 Å². The summed E-state index contributed by atoms with van der Waals surface area (Å²) in [5, 5.41) is 11.3. The number of amides is 1. The topological polar surface area (TPSA) is 74.0 Å². The molecule has 118 valence electrons. The third-order valence-electron chi connectivity index (χ3n) is 4.23. The molecule has 1 aliphatic heterocycles. The number of carbonyl (C=O) groups is 1. The summed E-state index contributed by atoms with van der Waals surface area (Å²) in [6.45, 7) is 5.36. The standard InChI is InChI=1S/C15H21N5O2/c1-4-20-9-11(7-17-20)18-15(21)12-5-6-22-14(12)13-8-16-19(3)10(13)2/h7-9,12,14H,4-6H2,1-3H3,(H,18,21)/t12-,14-/m0/s1. The summed E-state index contributed by atoms with van der Waals surface area (Å²) in [7, 11) is 1.89. The fourth-order valence-corrected chi connectivity index (χ4v) is 2.80. The van der Waals surface area contributed by atoms with Crippen molar-refractivity contribution in [2.75, 3.05) is 11.9 Å². The molecule has 2 atom stereocenters. The molecule has 2 aromatic heterocycles. The number of hydrogen-bond donors (Lipinski definition) is 1. The molecule has 0 spiro atoms. The van der Waals surface area contributed by atoms with Gasteiger partial charge in [0.2, 0.25) is 5.91 Å². The van der Waals surface area contributed by atoms with Gasteiger partial charge in [-0.25, -0.2) is 0 Å². The summed E-state index contributed by atoms with van der Waals surface area (Å²) in [5.41, 5.74) is 2.74. The first kappa shape index (κ1) is 14.8. The molecule has 0 unspecified atom stereocenters. The minimum atomic E-state index is -0.227. The molecule has 3 rings (SSSR count). The predicted octanol–water partition coefficient (Wildman–Crippen LogP) is 1.66. The lowest BCUT2D eigenvalue weighted by molar-refractivity contribution is -0.121. The average molecular weight is 303 g/mol. The Morgan fingerprint density at radius 1 is 1.45 bits per heavy atom. The smallest absolute Gasteiger partial charge is 0.230 e. The Kier molecular flexibility index (Phi) is 3.98. The number of nitrogens with one attached hydrogen (secondary N) is 1.